The summed E-state index contributed by atoms with van der Waals surface area (Å²) >= 11 is 0. The number of rotatable bonds is 5. The molecule has 0 saturated carbocycles. The molecule has 0 aromatic heterocycles. The van der Waals surface area contributed by atoms with Crippen molar-refractivity contribution < 1.29 is 14.3 Å². The molecule has 1 fully saturated rings. The lowest BCUT2D eigenvalue weighted by Gasteiger charge is -2.22. The number of hydrogen-bond donors (Lipinski definition) is 2. The van der Waals surface area contributed by atoms with E-state index in [1.54, 1.807) is 0 Å². The molecule has 0 radical (unpaired) electrons. The number of hydrogen-bond acceptors (Lipinski definition) is 5. The minimum Gasteiger partial charge on any atom is -0.376 e. The van der Waals surface area contributed by atoms with E-state index in [0.717, 1.165) is 0 Å². The molecule has 1 heterocycles. The van der Waals surface area contributed by atoms with Gasteiger partial charge < -0.3 is 20.1 Å². The van der Waals surface area contributed by atoms with Gasteiger partial charge in [-0.2, -0.15) is 5.26 Å². The van der Waals surface area contributed by atoms with Gasteiger partial charge in [-0.05, 0) is 0 Å². The molecule has 1 aliphatic heterocycles. The van der Waals surface area contributed by atoms with Crippen molar-refractivity contribution in [1.82, 2.24) is 10.6 Å². The molecule has 1 rings (SSSR count). The van der Waals surface area contributed by atoms with Gasteiger partial charge in [-0.15, -0.1) is 0 Å². The van der Waals surface area contributed by atoms with Crippen LogP contribution < -0.4 is 10.6 Å². The number of nitrogens with zero attached hydrogens (tertiary/aromatic N) is 1. The minimum atomic E-state index is -0.187. The maximum absolute atomic E-state index is 11.0. The summed E-state index contributed by atoms with van der Waals surface area (Å²) in [6, 6.07) is 1.83. The normalized spacial score (nSPS) is 20.6. The molecular weight excluding hydrogens is 198 g/mol. The maximum atomic E-state index is 11.0. The standard InChI is InChI=1S/C9H15N3O3/c10-1-2-12-9(13)6-11-5-8-7-14-3-4-15-8/h8,11H,2-7H2,(H,12,13). The molecule has 1 saturated heterocycles. The molecular formula is C9H15N3O3. The van der Waals surface area contributed by atoms with E-state index in [0.29, 0.717) is 26.4 Å². The quantitative estimate of drug-likeness (QED) is 0.551. The summed E-state index contributed by atoms with van der Waals surface area (Å²) in [7, 11) is 0. The Morgan fingerprint density at radius 3 is 3.07 bits per heavy atom. The molecule has 0 aliphatic carbocycles. The van der Waals surface area contributed by atoms with E-state index in [1.165, 1.54) is 0 Å². The van der Waals surface area contributed by atoms with Crippen molar-refractivity contribution in [2.45, 2.75) is 6.10 Å². The van der Waals surface area contributed by atoms with E-state index >= 15 is 0 Å². The third kappa shape index (κ3) is 5.32. The maximum Gasteiger partial charge on any atom is 0.234 e. The summed E-state index contributed by atoms with van der Waals surface area (Å²) in [5.41, 5.74) is 0. The van der Waals surface area contributed by atoms with Gasteiger partial charge in [0.05, 0.1) is 38.5 Å². The lowest BCUT2D eigenvalue weighted by Crippen LogP contribution is -2.41. The van der Waals surface area contributed by atoms with Crippen molar-refractivity contribution in [3.8, 4) is 6.07 Å². The van der Waals surface area contributed by atoms with E-state index < -0.39 is 0 Å². The number of ether oxygens (including phenoxy) is 2. The molecule has 1 atom stereocenters. The predicted molar refractivity (Wildman–Crippen MR) is 52.1 cm³/mol. The Hall–Kier alpha value is -1.16. The highest BCUT2D eigenvalue weighted by molar-refractivity contribution is 5.78. The van der Waals surface area contributed by atoms with Gasteiger partial charge in [-0.3, -0.25) is 4.79 Å². The molecule has 15 heavy (non-hydrogen) atoms. The molecule has 84 valence electrons. The highest BCUT2D eigenvalue weighted by Crippen LogP contribution is 1.98. The van der Waals surface area contributed by atoms with Crippen LogP contribution in [0.2, 0.25) is 0 Å². The fraction of sp³-hybridized carbons (Fsp3) is 0.778. The second-order valence-electron chi connectivity index (χ2n) is 3.13. The number of nitriles is 1. The molecule has 0 bridgehead atoms. The average Bonchev–Trinajstić information content (AvgIpc) is 2.28. The monoisotopic (exact) mass is 213 g/mol. The molecule has 1 amide bonds. The van der Waals surface area contributed by atoms with E-state index in [1.807, 2.05) is 6.07 Å². The summed E-state index contributed by atoms with van der Waals surface area (Å²) in [6.45, 7) is 2.63. The number of carbonyl (C=O) groups is 1. The Morgan fingerprint density at radius 1 is 1.53 bits per heavy atom. The zero-order chi connectivity index (χ0) is 10.9. The summed E-state index contributed by atoms with van der Waals surface area (Å²) in [5, 5.41) is 13.6. The third-order valence-electron chi connectivity index (χ3n) is 1.91. The van der Waals surface area contributed by atoms with Gasteiger partial charge in [0.2, 0.25) is 5.91 Å². The SMILES string of the molecule is N#CCNC(=O)CNCC1COCCO1. The van der Waals surface area contributed by atoms with Gasteiger partial charge in [-0.25, -0.2) is 0 Å². The summed E-state index contributed by atoms with van der Waals surface area (Å²) in [5.74, 6) is -0.187. The van der Waals surface area contributed by atoms with Crippen LogP contribution in [-0.4, -0.2) is 51.5 Å². The second kappa shape index (κ2) is 7.17. The Morgan fingerprint density at radius 2 is 2.40 bits per heavy atom. The molecule has 1 unspecified atom stereocenters. The van der Waals surface area contributed by atoms with Crippen molar-refractivity contribution >= 4 is 5.91 Å². The largest absolute Gasteiger partial charge is 0.376 e. The highest BCUT2D eigenvalue weighted by Gasteiger charge is 2.13. The van der Waals surface area contributed by atoms with Crippen LogP contribution in [0.15, 0.2) is 0 Å². The van der Waals surface area contributed by atoms with Crippen LogP contribution in [0, 0.1) is 11.3 Å². The first-order chi connectivity index (χ1) is 7.33. The van der Waals surface area contributed by atoms with Gasteiger partial charge in [0.25, 0.3) is 0 Å². The van der Waals surface area contributed by atoms with Crippen LogP contribution in [0.3, 0.4) is 0 Å². The molecule has 2 N–H and O–H groups in total. The first-order valence-corrected chi connectivity index (χ1v) is 4.86. The van der Waals surface area contributed by atoms with Gasteiger partial charge in [0, 0.05) is 6.54 Å². The van der Waals surface area contributed by atoms with Crippen molar-refractivity contribution in [2.24, 2.45) is 0 Å². The van der Waals surface area contributed by atoms with Crippen LogP contribution in [0.5, 0.6) is 0 Å². The summed E-state index contributed by atoms with van der Waals surface area (Å²) in [6.07, 6.45) is 0.0162. The van der Waals surface area contributed by atoms with Crippen LogP contribution in [0.4, 0.5) is 0 Å². The molecule has 6 nitrogen and oxygen atoms in total. The topological polar surface area (TPSA) is 83.4 Å². The number of amides is 1. The Balaban J connectivity index is 2.00. The van der Waals surface area contributed by atoms with Crippen molar-refractivity contribution in [2.75, 3.05) is 39.5 Å². The minimum absolute atomic E-state index is 0.0162. The fourth-order valence-electron chi connectivity index (χ4n) is 1.20. The lowest BCUT2D eigenvalue weighted by molar-refractivity contribution is -0.120. The van der Waals surface area contributed by atoms with Crippen LogP contribution in [0.25, 0.3) is 0 Å². The van der Waals surface area contributed by atoms with E-state index in [-0.39, 0.29) is 25.1 Å². The van der Waals surface area contributed by atoms with Gasteiger partial charge >= 0.3 is 0 Å². The third-order valence-corrected chi connectivity index (χ3v) is 1.91. The van der Waals surface area contributed by atoms with Crippen LogP contribution in [-0.2, 0) is 14.3 Å². The summed E-state index contributed by atoms with van der Waals surface area (Å²) in [4.78, 5) is 11.0. The summed E-state index contributed by atoms with van der Waals surface area (Å²) < 4.78 is 10.6. The van der Waals surface area contributed by atoms with Gasteiger partial charge in [-0.1, -0.05) is 0 Å². The molecule has 6 heteroatoms. The van der Waals surface area contributed by atoms with Gasteiger partial charge in [0.15, 0.2) is 0 Å². The van der Waals surface area contributed by atoms with Crippen molar-refractivity contribution in [3.05, 3.63) is 0 Å². The number of nitrogens with one attached hydrogen (secondary N) is 2. The van der Waals surface area contributed by atoms with Gasteiger partial charge in [0.1, 0.15) is 6.54 Å². The Bertz CT molecular complexity index is 233. The average molecular weight is 213 g/mol. The van der Waals surface area contributed by atoms with Crippen LogP contribution >= 0.6 is 0 Å². The molecule has 0 aromatic rings. The zero-order valence-electron chi connectivity index (χ0n) is 8.49. The van der Waals surface area contributed by atoms with E-state index in [2.05, 4.69) is 10.6 Å². The van der Waals surface area contributed by atoms with Crippen molar-refractivity contribution in [1.29, 1.82) is 5.26 Å². The number of carbonyl (C=O) groups excluding carboxylic acids is 1. The van der Waals surface area contributed by atoms with Crippen molar-refractivity contribution in [3.63, 3.8) is 0 Å². The first-order valence-electron chi connectivity index (χ1n) is 4.86. The zero-order valence-corrected chi connectivity index (χ0v) is 8.49. The Kier molecular flexibility index (Phi) is 5.70. The Labute approximate surface area is 88.5 Å². The first kappa shape index (κ1) is 11.9. The molecule has 0 spiro atoms. The van der Waals surface area contributed by atoms with E-state index in [9.17, 15) is 4.79 Å². The predicted octanol–water partition coefficient (Wildman–Crippen LogP) is -1.37. The highest BCUT2D eigenvalue weighted by atomic mass is 16.6. The smallest absolute Gasteiger partial charge is 0.234 e. The fourth-order valence-corrected chi connectivity index (χ4v) is 1.20. The second-order valence-corrected chi connectivity index (χ2v) is 3.13. The molecule has 1 aliphatic rings. The lowest BCUT2D eigenvalue weighted by atomic mass is 10.3. The van der Waals surface area contributed by atoms with Crippen LogP contribution in [0.1, 0.15) is 0 Å². The van der Waals surface area contributed by atoms with E-state index in [4.69, 9.17) is 14.7 Å². The molecule has 0 aromatic carbocycles.